The zero-order valence-corrected chi connectivity index (χ0v) is 13.8. The zero-order valence-electron chi connectivity index (χ0n) is 9.21. The van der Waals surface area contributed by atoms with Crippen molar-refractivity contribution in [2.24, 2.45) is 5.73 Å². The number of halogens is 5. The molecule has 0 saturated carbocycles. The molecule has 0 aliphatic carbocycles. The Hall–Kier alpha value is -0.190. The molecule has 0 spiro atoms. The second-order valence-electron chi connectivity index (χ2n) is 3.71. The molecule has 0 amide bonds. The maximum Gasteiger partial charge on any atom is 0.443 e. The van der Waals surface area contributed by atoms with Crippen molar-refractivity contribution in [2.75, 3.05) is 0 Å². The molecule has 0 aliphatic rings. The fourth-order valence-corrected chi connectivity index (χ4v) is 3.28. The summed E-state index contributed by atoms with van der Waals surface area (Å²) in [6.45, 7) is 0. The number of benzene rings is 1. The van der Waals surface area contributed by atoms with Crippen LogP contribution in [0.2, 0.25) is 0 Å². The summed E-state index contributed by atoms with van der Waals surface area (Å²) in [4.78, 5) is 3.77. The molecule has 2 rings (SSSR count). The Morgan fingerprint density at radius 3 is 2.63 bits per heavy atom. The predicted octanol–water partition coefficient (Wildman–Crippen LogP) is 4.58. The summed E-state index contributed by atoms with van der Waals surface area (Å²) >= 11 is 6.05. The van der Waals surface area contributed by atoms with Crippen LogP contribution in [0.5, 0.6) is 0 Å². The number of alkyl halides is 3. The minimum absolute atomic E-state index is 0.384. The normalized spacial score (nSPS) is 13.6. The van der Waals surface area contributed by atoms with Crippen LogP contribution in [0, 0.1) is 3.57 Å². The topological polar surface area (TPSA) is 38.9 Å². The van der Waals surface area contributed by atoms with Crippen molar-refractivity contribution in [1.82, 2.24) is 4.98 Å². The van der Waals surface area contributed by atoms with Gasteiger partial charge in [-0.1, -0.05) is 15.9 Å². The quantitative estimate of drug-likeness (QED) is 0.663. The number of hydrogen-bond acceptors (Lipinski definition) is 3. The van der Waals surface area contributed by atoms with Gasteiger partial charge in [0.2, 0.25) is 0 Å². The van der Waals surface area contributed by atoms with E-state index in [2.05, 4.69) is 43.5 Å². The van der Waals surface area contributed by atoms with Crippen LogP contribution in [-0.4, -0.2) is 4.98 Å². The van der Waals surface area contributed by atoms with E-state index in [1.54, 1.807) is 0 Å². The van der Waals surface area contributed by atoms with Crippen molar-refractivity contribution < 1.29 is 13.2 Å². The molecule has 1 aromatic carbocycles. The second-order valence-corrected chi connectivity index (χ2v) is 6.87. The van der Waals surface area contributed by atoms with Gasteiger partial charge < -0.3 is 5.73 Å². The van der Waals surface area contributed by atoms with Crippen LogP contribution < -0.4 is 5.73 Å². The van der Waals surface area contributed by atoms with Gasteiger partial charge in [0.25, 0.3) is 0 Å². The molecule has 0 bridgehead atoms. The first kappa shape index (κ1) is 15.2. The SMILES string of the molecule is NC(c1cnc(C(F)(F)F)s1)c1cc(I)ccc1Br. The third kappa shape index (κ3) is 3.47. The molecule has 1 atom stereocenters. The van der Waals surface area contributed by atoms with Crippen LogP contribution in [0.3, 0.4) is 0 Å². The van der Waals surface area contributed by atoms with Gasteiger partial charge in [0.1, 0.15) is 0 Å². The Bertz CT molecular complexity index is 600. The molecule has 0 fully saturated rings. The molecule has 2 N–H and O–H groups in total. The molecule has 0 saturated heterocycles. The molecule has 0 radical (unpaired) electrons. The average molecular weight is 463 g/mol. The highest BCUT2D eigenvalue weighted by Crippen LogP contribution is 2.36. The Morgan fingerprint density at radius 1 is 1.37 bits per heavy atom. The highest BCUT2D eigenvalue weighted by molar-refractivity contribution is 14.1. The van der Waals surface area contributed by atoms with Crippen molar-refractivity contribution in [3.8, 4) is 0 Å². The maximum absolute atomic E-state index is 12.5. The summed E-state index contributed by atoms with van der Waals surface area (Å²) in [5.74, 6) is 0. The fraction of sp³-hybridized carbons (Fsp3) is 0.182. The van der Waals surface area contributed by atoms with Gasteiger partial charge in [0.15, 0.2) is 5.01 Å². The molecular formula is C11H7BrF3IN2S. The van der Waals surface area contributed by atoms with E-state index in [1.807, 2.05) is 18.2 Å². The molecule has 0 aliphatic heterocycles. The second kappa shape index (κ2) is 5.66. The number of rotatable bonds is 2. The first-order chi connectivity index (χ1) is 8.79. The number of nitrogens with two attached hydrogens (primary N) is 1. The smallest absolute Gasteiger partial charge is 0.320 e. The van der Waals surface area contributed by atoms with Crippen LogP contribution in [-0.2, 0) is 6.18 Å². The molecule has 8 heteroatoms. The van der Waals surface area contributed by atoms with E-state index in [-0.39, 0.29) is 0 Å². The van der Waals surface area contributed by atoms with E-state index in [1.165, 1.54) is 6.20 Å². The zero-order chi connectivity index (χ0) is 14.2. The molecular weight excluding hydrogens is 456 g/mol. The van der Waals surface area contributed by atoms with Gasteiger partial charge in [-0.05, 0) is 46.4 Å². The first-order valence-electron chi connectivity index (χ1n) is 5.02. The minimum Gasteiger partial charge on any atom is -0.320 e. The number of hydrogen-bond donors (Lipinski definition) is 1. The largest absolute Gasteiger partial charge is 0.443 e. The number of aromatic nitrogens is 1. The molecule has 2 nitrogen and oxygen atoms in total. The summed E-state index contributed by atoms with van der Waals surface area (Å²) in [6.07, 6.45) is -3.24. The van der Waals surface area contributed by atoms with Crippen molar-refractivity contribution in [3.05, 3.63) is 47.9 Å². The van der Waals surface area contributed by atoms with E-state index in [4.69, 9.17) is 5.73 Å². The molecule has 2 aromatic rings. The predicted molar refractivity (Wildman–Crippen MR) is 80.0 cm³/mol. The van der Waals surface area contributed by atoms with Gasteiger partial charge in [-0.15, -0.1) is 11.3 Å². The van der Waals surface area contributed by atoms with E-state index in [0.29, 0.717) is 16.2 Å². The highest BCUT2D eigenvalue weighted by Gasteiger charge is 2.35. The van der Waals surface area contributed by atoms with Crippen LogP contribution in [0.25, 0.3) is 0 Å². The van der Waals surface area contributed by atoms with E-state index in [0.717, 1.165) is 13.6 Å². The Kier molecular flexibility index (Phi) is 4.53. The highest BCUT2D eigenvalue weighted by atomic mass is 127. The first-order valence-corrected chi connectivity index (χ1v) is 7.71. The van der Waals surface area contributed by atoms with Gasteiger partial charge in [-0.25, -0.2) is 4.98 Å². The van der Waals surface area contributed by atoms with Crippen molar-refractivity contribution in [3.63, 3.8) is 0 Å². The lowest BCUT2D eigenvalue weighted by Gasteiger charge is -2.12. The average Bonchev–Trinajstić information content (AvgIpc) is 2.80. The lowest BCUT2D eigenvalue weighted by molar-refractivity contribution is -0.137. The molecule has 1 aromatic heterocycles. The third-order valence-electron chi connectivity index (χ3n) is 2.37. The summed E-state index contributed by atoms with van der Waals surface area (Å²) < 4.78 is 39.3. The summed E-state index contributed by atoms with van der Waals surface area (Å²) in [6, 6.07) is 4.91. The lowest BCUT2D eigenvalue weighted by atomic mass is 10.1. The maximum atomic E-state index is 12.5. The third-order valence-corrected chi connectivity index (χ3v) is 4.88. The summed E-state index contributed by atoms with van der Waals surface area (Å²) in [7, 11) is 0. The standard InChI is InChI=1S/C11H7BrF3IN2S/c12-7-2-1-5(16)3-6(7)9(17)8-4-18-10(19-8)11(13,14)15/h1-4,9H,17H2. The van der Waals surface area contributed by atoms with Gasteiger partial charge in [0, 0.05) is 19.1 Å². The van der Waals surface area contributed by atoms with Crippen molar-refractivity contribution >= 4 is 49.9 Å². The summed E-state index contributed by atoms with van der Waals surface area (Å²) in [5, 5.41) is -0.875. The summed E-state index contributed by atoms with van der Waals surface area (Å²) in [5.41, 5.74) is 6.75. The molecule has 1 unspecified atom stereocenters. The monoisotopic (exact) mass is 462 g/mol. The van der Waals surface area contributed by atoms with Crippen LogP contribution in [0.15, 0.2) is 28.9 Å². The van der Waals surface area contributed by atoms with E-state index in [9.17, 15) is 13.2 Å². The molecule has 1 heterocycles. The number of thiazole rings is 1. The Morgan fingerprint density at radius 2 is 2.05 bits per heavy atom. The van der Waals surface area contributed by atoms with E-state index >= 15 is 0 Å². The van der Waals surface area contributed by atoms with E-state index < -0.39 is 17.2 Å². The molecule has 19 heavy (non-hydrogen) atoms. The Labute approximate surface area is 133 Å². The van der Waals surface area contributed by atoms with Gasteiger partial charge in [-0.2, -0.15) is 13.2 Å². The number of nitrogens with zero attached hydrogens (tertiary/aromatic N) is 1. The van der Waals surface area contributed by atoms with Crippen molar-refractivity contribution in [2.45, 2.75) is 12.2 Å². The lowest BCUT2D eigenvalue weighted by Crippen LogP contribution is -2.11. The van der Waals surface area contributed by atoms with Crippen LogP contribution >= 0.6 is 49.9 Å². The molecule has 102 valence electrons. The minimum atomic E-state index is -4.43. The van der Waals surface area contributed by atoms with Gasteiger partial charge >= 0.3 is 6.18 Å². The van der Waals surface area contributed by atoms with Crippen LogP contribution in [0.1, 0.15) is 21.5 Å². The fourth-order valence-electron chi connectivity index (χ4n) is 1.47. The van der Waals surface area contributed by atoms with Crippen molar-refractivity contribution in [1.29, 1.82) is 0 Å². The Balaban J connectivity index is 2.36. The van der Waals surface area contributed by atoms with Gasteiger partial charge in [0.05, 0.1) is 6.04 Å². The van der Waals surface area contributed by atoms with Gasteiger partial charge in [-0.3, -0.25) is 0 Å². The van der Waals surface area contributed by atoms with Crippen LogP contribution in [0.4, 0.5) is 13.2 Å².